The summed E-state index contributed by atoms with van der Waals surface area (Å²) in [6.45, 7) is 0. The molecule has 0 radical (unpaired) electrons. The number of fused-ring (bicyclic) bond motifs is 1. The Morgan fingerprint density at radius 3 is 1.95 bits per heavy atom. The van der Waals surface area contributed by atoms with Crippen molar-refractivity contribution in [3.63, 3.8) is 0 Å². The van der Waals surface area contributed by atoms with E-state index < -0.39 is 15.8 Å². The lowest BCUT2D eigenvalue weighted by Gasteiger charge is -1.97. The van der Waals surface area contributed by atoms with Crippen LogP contribution in [0.1, 0.15) is 0 Å². The molecule has 0 saturated heterocycles. The second kappa shape index (κ2) is 5.21. The summed E-state index contributed by atoms with van der Waals surface area (Å²) in [5, 5.41) is 14.9. The molecule has 108 valence electrons. The Labute approximate surface area is 123 Å². The first-order chi connectivity index (χ1) is 10.6. The Balaban J connectivity index is 2.01. The predicted octanol–water partition coefficient (Wildman–Crippen LogP) is 1.27. The monoisotopic (exact) mass is 295 g/mol. The fraction of sp³-hybridized carbons (Fsp3) is 0. The van der Waals surface area contributed by atoms with E-state index in [1.165, 1.54) is 24.3 Å². The Bertz CT molecular complexity index is 966. The molecule has 0 amide bonds. The van der Waals surface area contributed by atoms with Crippen LogP contribution in [-0.2, 0) is 0 Å². The lowest BCUT2D eigenvalue weighted by Crippen LogP contribution is -2.32. The van der Waals surface area contributed by atoms with E-state index in [0.29, 0.717) is 16.5 Å². The number of anilines is 1. The molecule has 3 rings (SSSR count). The zero-order valence-corrected chi connectivity index (χ0v) is 11.1. The molecule has 0 fully saturated rings. The van der Waals surface area contributed by atoms with Gasteiger partial charge in [-0.2, -0.15) is 5.10 Å². The van der Waals surface area contributed by atoms with E-state index >= 15 is 0 Å². The van der Waals surface area contributed by atoms with Crippen LogP contribution in [0.4, 0.5) is 11.4 Å². The maximum absolute atomic E-state index is 12.1. The Morgan fingerprint density at radius 1 is 0.909 bits per heavy atom. The van der Waals surface area contributed by atoms with E-state index in [-0.39, 0.29) is 11.0 Å². The normalized spacial score (nSPS) is 10.5. The van der Waals surface area contributed by atoms with Crippen LogP contribution in [-0.4, -0.2) is 4.92 Å². The number of non-ortho nitro benzene ring substituents is 1. The molecule has 1 N–H and O–H groups in total. The molecule has 0 unspecified atom stereocenters. The van der Waals surface area contributed by atoms with Gasteiger partial charge in [0.05, 0.1) is 10.6 Å². The third-order valence-corrected chi connectivity index (χ3v) is 3.22. The SMILES string of the molecule is O=c1c(=NNc2ccc([N+](=O)[O-])cc2)c(=O)c2ccccc12. The van der Waals surface area contributed by atoms with Gasteiger partial charge < -0.3 is 0 Å². The highest BCUT2D eigenvalue weighted by Crippen LogP contribution is 2.14. The van der Waals surface area contributed by atoms with Crippen LogP contribution in [0.3, 0.4) is 0 Å². The van der Waals surface area contributed by atoms with Crippen molar-refractivity contribution >= 4 is 22.1 Å². The second-order valence-electron chi connectivity index (χ2n) is 4.58. The number of benzene rings is 2. The maximum Gasteiger partial charge on any atom is 0.269 e. The van der Waals surface area contributed by atoms with Crippen molar-refractivity contribution in [3.8, 4) is 0 Å². The number of nitro groups is 1. The van der Waals surface area contributed by atoms with E-state index in [1.54, 1.807) is 24.3 Å². The van der Waals surface area contributed by atoms with Gasteiger partial charge in [-0.15, -0.1) is 0 Å². The Morgan fingerprint density at radius 2 is 1.45 bits per heavy atom. The average Bonchev–Trinajstić information content (AvgIpc) is 2.78. The molecule has 0 aromatic heterocycles. The molecule has 7 heteroatoms. The lowest BCUT2D eigenvalue weighted by molar-refractivity contribution is -0.384. The fourth-order valence-corrected chi connectivity index (χ4v) is 2.12. The smallest absolute Gasteiger partial charge is 0.269 e. The quantitative estimate of drug-likeness (QED) is 0.579. The van der Waals surface area contributed by atoms with Crippen LogP contribution in [0.25, 0.3) is 10.8 Å². The van der Waals surface area contributed by atoms with Gasteiger partial charge in [-0.05, 0) is 12.1 Å². The molecule has 22 heavy (non-hydrogen) atoms. The summed E-state index contributed by atoms with van der Waals surface area (Å²) < 4.78 is 0. The molecule has 3 aromatic carbocycles. The molecular formula is C15H9N3O4. The van der Waals surface area contributed by atoms with Gasteiger partial charge in [0.1, 0.15) is 0 Å². The number of hydrogen-bond donors (Lipinski definition) is 1. The van der Waals surface area contributed by atoms with Gasteiger partial charge in [0.25, 0.3) is 5.69 Å². The van der Waals surface area contributed by atoms with E-state index in [1.807, 2.05) is 0 Å². The first-order valence-electron chi connectivity index (χ1n) is 6.34. The number of nitrogens with zero attached hydrogens (tertiary/aromatic N) is 2. The van der Waals surface area contributed by atoms with Gasteiger partial charge in [0.15, 0.2) is 5.36 Å². The number of nitro benzene ring substituents is 1. The van der Waals surface area contributed by atoms with Crippen LogP contribution in [0, 0.1) is 10.1 Å². The first kappa shape index (κ1) is 13.6. The average molecular weight is 295 g/mol. The topological polar surface area (TPSA) is 102 Å². The van der Waals surface area contributed by atoms with Gasteiger partial charge in [-0.25, -0.2) is 0 Å². The van der Waals surface area contributed by atoms with Crippen molar-refractivity contribution in [1.82, 2.24) is 0 Å². The van der Waals surface area contributed by atoms with Gasteiger partial charge in [-0.1, -0.05) is 24.3 Å². The maximum atomic E-state index is 12.1. The molecule has 0 atom stereocenters. The van der Waals surface area contributed by atoms with E-state index in [0.717, 1.165) is 0 Å². The minimum absolute atomic E-state index is 0.0568. The molecular weight excluding hydrogens is 286 g/mol. The van der Waals surface area contributed by atoms with Crippen molar-refractivity contribution in [2.45, 2.75) is 0 Å². The Hall–Kier alpha value is -3.35. The summed E-state index contributed by atoms with van der Waals surface area (Å²) >= 11 is 0. The largest absolute Gasteiger partial charge is 0.287 e. The summed E-state index contributed by atoms with van der Waals surface area (Å²) in [7, 11) is 0. The third kappa shape index (κ3) is 2.24. The number of nitrogens with one attached hydrogen (secondary N) is 1. The molecule has 0 heterocycles. The van der Waals surface area contributed by atoms with Gasteiger partial charge in [0.2, 0.25) is 10.9 Å². The van der Waals surface area contributed by atoms with Crippen molar-refractivity contribution in [2.75, 3.05) is 5.43 Å². The van der Waals surface area contributed by atoms with Crippen molar-refractivity contribution in [3.05, 3.63) is 84.4 Å². The zero-order chi connectivity index (χ0) is 15.7. The summed E-state index contributed by atoms with van der Waals surface area (Å²) in [6.07, 6.45) is 0. The van der Waals surface area contributed by atoms with E-state index in [2.05, 4.69) is 10.5 Å². The van der Waals surface area contributed by atoms with Crippen LogP contribution in [0.5, 0.6) is 0 Å². The van der Waals surface area contributed by atoms with Gasteiger partial charge in [-0.3, -0.25) is 25.1 Å². The van der Waals surface area contributed by atoms with Gasteiger partial charge >= 0.3 is 0 Å². The second-order valence-corrected chi connectivity index (χ2v) is 4.58. The van der Waals surface area contributed by atoms with Crippen molar-refractivity contribution in [2.24, 2.45) is 5.10 Å². The molecule has 0 aliphatic rings. The summed E-state index contributed by atoms with van der Waals surface area (Å²) in [6, 6.07) is 12.0. The molecule has 0 aliphatic heterocycles. The fourth-order valence-electron chi connectivity index (χ4n) is 2.12. The molecule has 3 aromatic rings. The van der Waals surface area contributed by atoms with Gasteiger partial charge in [0, 0.05) is 22.9 Å². The highest BCUT2D eigenvalue weighted by Gasteiger charge is 2.10. The summed E-state index contributed by atoms with van der Waals surface area (Å²) in [5.41, 5.74) is 2.08. The zero-order valence-electron chi connectivity index (χ0n) is 11.1. The number of hydrogen-bond acceptors (Lipinski definition) is 6. The highest BCUT2D eigenvalue weighted by atomic mass is 16.6. The summed E-state index contributed by atoms with van der Waals surface area (Å²) in [5.74, 6) is 0. The van der Waals surface area contributed by atoms with Crippen molar-refractivity contribution in [1.29, 1.82) is 0 Å². The first-order valence-corrected chi connectivity index (χ1v) is 6.34. The predicted molar refractivity (Wildman–Crippen MR) is 81.1 cm³/mol. The van der Waals surface area contributed by atoms with E-state index in [4.69, 9.17) is 0 Å². The van der Waals surface area contributed by atoms with Crippen LogP contribution in [0.2, 0.25) is 0 Å². The minimum Gasteiger partial charge on any atom is -0.287 e. The molecule has 7 nitrogen and oxygen atoms in total. The molecule has 0 aliphatic carbocycles. The lowest BCUT2D eigenvalue weighted by atomic mass is 10.2. The van der Waals surface area contributed by atoms with Crippen LogP contribution in [0.15, 0.2) is 63.2 Å². The summed E-state index contributed by atoms with van der Waals surface area (Å²) in [4.78, 5) is 34.2. The minimum atomic E-state index is -0.518. The Kier molecular flexibility index (Phi) is 3.23. The molecule has 0 saturated carbocycles. The van der Waals surface area contributed by atoms with Crippen molar-refractivity contribution < 1.29 is 4.92 Å². The van der Waals surface area contributed by atoms with Crippen LogP contribution >= 0.6 is 0 Å². The number of rotatable bonds is 3. The third-order valence-electron chi connectivity index (χ3n) is 3.22. The molecule has 0 spiro atoms. The van der Waals surface area contributed by atoms with E-state index in [9.17, 15) is 19.7 Å². The standard InChI is InChI=1S/C15H9N3O4/c19-14-11-3-1-2-4-12(11)15(20)13(14)17-16-9-5-7-10(8-6-9)18(21)22/h1-8,16H. The van der Waals surface area contributed by atoms with Crippen LogP contribution < -0.4 is 21.6 Å². The highest BCUT2D eigenvalue weighted by molar-refractivity contribution is 5.83. The molecule has 0 bridgehead atoms.